The van der Waals surface area contributed by atoms with Crippen molar-refractivity contribution >= 4 is 5.78 Å². The first-order valence-corrected chi connectivity index (χ1v) is 8.88. The van der Waals surface area contributed by atoms with Crippen LogP contribution in [0.4, 0.5) is 4.39 Å². The molecule has 3 fully saturated rings. The highest BCUT2D eigenvalue weighted by Gasteiger charge is 2.59. The topological polar surface area (TPSA) is 17.1 Å². The van der Waals surface area contributed by atoms with E-state index in [4.69, 9.17) is 0 Å². The van der Waals surface area contributed by atoms with Gasteiger partial charge in [0.1, 0.15) is 5.78 Å². The van der Waals surface area contributed by atoms with Crippen LogP contribution in [-0.2, 0) is 4.79 Å². The van der Waals surface area contributed by atoms with Crippen molar-refractivity contribution in [3.63, 3.8) is 0 Å². The summed E-state index contributed by atoms with van der Waals surface area (Å²) in [4.78, 5) is 12.3. The molecule has 5 atom stereocenters. The molecule has 1 nitrogen and oxygen atoms in total. The number of allylic oxidation sites excluding steroid dienone is 2. The molecule has 0 unspecified atom stereocenters. The number of carbonyl (C=O) groups excluding carboxylic acids is 1. The third-order valence-electron chi connectivity index (χ3n) is 7.77. The molecule has 0 spiro atoms. The molecule has 0 aromatic heterocycles. The molecule has 4 rings (SSSR count). The van der Waals surface area contributed by atoms with Gasteiger partial charge in [0.15, 0.2) is 0 Å². The second kappa shape index (κ2) is 4.43. The van der Waals surface area contributed by atoms with Crippen molar-refractivity contribution in [2.75, 3.05) is 0 Å². The Bertz CT molecular complexity index is 522. The summed E-state index contributed by atoms with van der Waals surface area (Å²) in [6.07, 6.45) is 9.10. The molecule has 116 valence electrons. The Balaban J connectivity index is 1.75. The molecule has 3 saturated carbocycles. The molecule has 4 aliphatic carbocycles. The van der Waals surface area contributed by atoms with Crippen LogP contribution in [0.1, 0.15) is 71.6 Å². The lowest BCUT2D eigenvalue weighted by Crippen LogP contribution is -2.50. The van der Waals surface area contributed by atoms with Gasteiger partial charge in [0, 0.05) is 18.3 Å². The molecule has 0 radical (unpaired) electrons. The first-order valence-electron chi connectivity index (χ1n) is 8.88. The van der Waals surface area contributed by atoms with Gasteiger partial charge in [-0.15, -0.1) is 0 Å². The van der Waals surface area contributed by atoms with E-state index in [1.54, 1.807) is 0 Å². The Morgan fingerprint density at radius 1 is 1.00 bits per heavy atom. The second-order valence-corrected chi connectivity index (χ2v) is 8.51. The fraction of sp³-hybridized carbons (Fsp3) is 0.842. The van der Waals surface area contributed by atoms with Crippen LogP contribution in [0.5, 0.6) is 0 Å². The molecule has 0 amide bonds. The van der Waals surface area contributed by atoms with Gasteiger partial charge in [0.05, 0.1) is 5.83 Å². The number of Topliss-reactive ketones (excluding diaryl/α,β-unsaturated/α-hetero) is 1. The SMILES string of the molecule is C[C@]12CCCCC1=C(F)C[C@H]1[C@H]2CC[C@]2(C)C(=O)CC[C@H]12. The number of rotatable bonds is 0. The van der Waals surface area contributed by atoms with Crippen molar-refractivity contribution in [3.8, 4) is 0 Å². The van der Waals surface area contributed by atoms with Crippen molar-refractivity contribution < 1.29 is 9.18 Å². The fourth-order valence-electron chi connectivity index (χ4n) is 6.55. The van der Waals surface area contributed by atoms with Crippen LogP contribution in [0.25, 0.3) is 0 Å². The van der Waals surface area contributed by atoms with Crippen LogP contribution in [0, 0.1) is 28.6 Å². The standard InChI is InChI=1S/C19H27FO/c1-18-9-4-3-5-15(18)16(20)11-12-13-6-7-17(21)19(13,2)10-8-14(12)18/h12-14H,3-11H2,1-2H3/t12-,13-,14-,18-,19+/m1/s1. The summed E-state index contributed by atoms with van der Waals surface area (Å²) in [5.41, 5.74) is 1.12. The minimum atomic E-state index is -0.135. The Kier molecular flexibility index (Phi) is 2.94. The van der Waals surface area contributed by atoms with Crippen molar-refractivity contribution in [2.24, 2.45) is 28.6 Å². The molecule has 0 saturated heterocycles. The first kappa shape index (κ1) is 14.0. The van der Waals surface area contributed by atoms with Gasteiger partial charge in [-0.3, -0.25) is 4.79 Å². The molecule has 0 aromatic carbocycles. The molecule has 4 aliphatic rings. The van der Waals surface area contributed by atoms with Crippen LogP contribution in [0.15, 0.2) is 11.4 Å². The Morgan fingerprint density at radius 2 is 1.76 bits per heavy atom. The Morgan fingerprint density at radius 3 is 2.57 bits per heavy atom. The molecule has 21 heavy (non-hydrogen) atoms. The largest absolute Gasteiger partial charge is 0.299 e. The monoisotopic (exact) mass is 290 g/mol. The number of ketones is 1. The van der Waals surface area contributed by atoms with Crippen molar-refractivity contribution in [3.05, 3.63) is 11.4 Å². The zero-order valence-corrected chi connectivity index (χ0v) is 13.4. The van der Waals surface area contributed by atoms with Crippen LogP contribution >= 0.6 is 0 Å². The molecule has 0 aromatic rings. The predicted octanol–water partition coefficient (Wildman–Crippen LogP) is 5.21. The first-order chi connectivity index (χ1) is 9.97. The molecule has 0 aliphatic heterocycles. The summed E-state index contributed by atoms with van der Waals surface area (Å²) < 4.78 is 14.8. The third-order valence-corrected chi connectivity index (χ3v) is 7.77. The highest BCUT2D eigenvalue weighted by atomic mass is 19.1. The minimum absolute atomic E-state index is 0.0955. The highest BCUT2D eigenvalue weighted by molar-refractivity contribution is 5.87. The average molecular weight is 290 g/mol. The van der Waals surface area contributed by atoms with Crippen LogP contribution < -0.4 is 0 Å². The van der Waals surface area contributed by atoms with Gasteiger partial charge in [-0.2, -0.15) is 0 Å². The van der Waals surface area contributed by atoms with Gasteiger partial charge < -0.3 is 0 Å². The number of carbonyl (C=O) groups is 1. The number of hydrogen-bond acceptors (Lipinski definition) is 1. The molecule has 2 heteroatoms. The quantitative estimate of drug-likeness (QED) is 0.599. The number of hydrogen-bond donors (Lipinski definition) is 0. The zero-order valence-electron chi connectivity index (χ0n) is 13.4. The maximum absolute atomic E-state index is 14.8. The summed E-state index contributed by atoms with van der Waals surface area (Å²) in [6, 6.07) is 0. The predicted molar refractivity (Wildman–Crippen MR) is 81.4 cm³/mol. The van der Waals surface area contributed by atoms with E-state index in [0.29, 0.717) is 30.0 Å². The van der Waals surface area contributed by atoms with E-state index in [0.717, 1.165) is 50.5 Å². The van der Waals surface area contributed by atoms with E-state index in [9.17, 15) is 9.18 Å². The summed E-state index contributed by atoms with van der Waals surface area (Å²) in [5.74, 6) is 2.13. The van der Waals surface area contributed by atoms with Crippen molar-refractivity contribution in [2.45, 2.75) is 71.6 Å². The average Bonchev–Trinajstić information content (AvgIpc) is 2.75. The third kappa shape index (κ3) is 1.71. The zero-order chi connectivity index (χ0) is 14.8. The van der Waals surface area contributed by atoms with Gasteiger partial charge in [0.25, 0.3) is 0 Å². The molecular weight excluding hydrogens is 263 g/mol. The van der Waals surface area contributed by atoms with E-state index in [2.05, 4.69) is 13.8 Å². The second-order valence-electron chi connectivity index (χ2n) is 8.51. The van der Waals surface area contributed by atoms with Gasteiger partial charge in [-0.05, 0) is 67.3 Å². The van der Waals surface area contributed by atoms with E-state index >= 15 is 0 Å². The summed E-state index contributed by atoms with van der Waals surface area (Å²) >= 11 is 0. The van der Waals surface area contributed by atoms with E-state index in [-0.39, 0.29) is 16.7 Å². The summed E-state index contributed by atoms with van der Waals surface area (Å²) in [5, 5.41) is 0. The van der Waals surface area contributed by atoms with Crippen LogP contribution in [0.3, 0.4) is 0 Å². The smallest absolute Gasteiger partial charge is 0.139 e. The molecular formula is C19H27FO. The lowest BCUT2D eigenvalue weighted by Gasteiger charge is -2.56. The van der Waals surface area contributed by atoms with Gasteiger partial charge >= 0.3 is 0 Å². The van der Waals surface area contributed by atoms with Crippen molar-refractivity contribution in [1.82, 2.24) is 0 Å². The molecule has 0 N–H and O–H groups in total. The van der Waals surface area contributed by atoms with Gasteiger partial charge in [-0.25, -0.2) is 4.39 Å². The Hall–Kier alpha value is -0.660. The van der Waals surface area contributed by atoms with Crippen molar-refractivity contribution in [1.29, 1.82) is 0 Å². The van der Waals surface area contributed by atoms with E-state index in [1.807, 2.05) is 0 Å². The number of halogens is 1. The molecule has 0 bridgehead atoms. The minimum Gasteiger partial charge on any atom is -0.299 e. The maximum atomic E-state index is 14.8. The lowest BCUT2D eigenvalue weighted by atomic mass is 9.48. The van der Waals surface area contributed by atoms with Crippen LogP contribution in [-0.4, -0.2) is 5.78 Å². The lowest BCUT2D eigenvalue weighted by molar-refractivity contribution is -0.132. The normalized spacial score (nSPS) is 49.7. The van der Waals surface area contributed by atoms with E-state index < -0.39 is 0 Å². The summed E-state index contributed by atoms with van der Waals surface area (Å²) in [7, 11) is 0. The van der Waals surface area contributed by atoms with Gasteiger partial charge in [0.2, 0.25) is 0 Å². The molecule has 0 heterocycles. The highest BCUT2D eigenvalue weighted by Crippen LogP contribution is 2.65. The summed E-state index contributed by atoms with van der Waals surface area (Å²) in [6.45, 7) is 4.50. The van der Waals surface area contributed by atoms with Gasteiger partial charge in [-0.1, -0.05) is 20.3 Å². The maximum Gasteiger partial charge on any atom is 0.139 e. The number of fused-ring (bicyclic) bond motifs is 5. The fourth-order valence-corrected chi connectivity index (χ4v) is 6.55. The van der Waals surface area contributed by atoms with E-state index in [1.165, 1.54) is 6.42 Å². The Labute approximate surface area is 127 Å². The van der Waals surface area contributed by atoms with Crippen LogP contribution in [0.2, 0.25) is 0 Å².